The molecule has 9 heteroatoms. The van der Waals surface area contributed by atoms with Crippen LogP contribution in [0.3, 0.4) is 0 Å². The highest BCUT2D eigenvalue weighted by molar-refractivity contribution is 7.89. The van der Waals surface area contributed by atoms with Crippen LogP contribution in [0.1, 0.15) is 5.69 Å². The summed E-state index contributed by atoms with van der Waals surface area (Å²) in [5.41, 5.74) is 2.49. The molecule has 0 amide bonds. The average molecular weight is 522 g/mol. The maximum atomic E-state index is 13.7. The van der Waals surface area contributed by atoms with Gasteiger partial charge in [-0.2, -0.15) is 0 Å². The van der Waals surface area contributed by atoms with E-state index < -0.39 is 10.0 Å². The number of benzene rings is 3. The van der Waals surface area contributed by atoms with Gasteiger partial charge in [0.1, 0.15) is 11.5 Å². The summed E-state index contributed by atoms with van der Waals surface area (Å²) < 4.78 is 40.6. The van der Waals surface area contributed by atoms with Crippen LogP contribution in [0.5, 0.6) is 11.5 Å². The maximum Gasteiger partial charge on any atom is 0.258 e. The van der Waals surface area contributed by atoms with Crippen LogP contribution in [0, 0.1) is 0 Å². The van der Waals surface area contributed by atoms with Gasteiger partial charge in [-0.3, -0.25) is 4.79 Å². The van der Waals surface area contributed by atoms with Crippen molar-refractivity contribution in [3.05, 3.63) is 88.8 Å². The number of sulfonamides is 1. The summed E-state index contributed by atoms with van der Waals surface area (Å²) in [6.07, 6.45) is 0. The Bertz CT molecular complexity index is 1550. The molecular weight excluding hydrogens is 490 g/mol. The smallest absolute Gasteiger partial charge is 0.258 e. The number of fused-ring (bicyclic) bond motifs is 1. The van der Waals surface area contributed by atoms with Gasteiger partial charge in [-0.25, -0.2) is 13.1 Å². The fraction of sp³-hybridized carbons (Fsp3) is 0.250. The van der Waals surface area contributed by atoms with Crippen LogP contribution >= 0.6 is 0 Å². The number of pyridine rings is 1. The SMILES string of the molecule is COc1ccc(S(=O)(=O)NCCn2c(CN(C)C)c(-c3ccccc3)c3cc(OC)ccc3c2=O)cc1. The van der Waals surface area contributed by atoms with E-state index in [1.54, 1.807) is 35.9 Å². The van der Waals surface area contributed by atoms with Crippen molar-refractivity contribution in [3.8, 4) is 22.6 Å². The topological polar surface area (TPSA) is 89.9 Å². The predicted octanol–water partition coefficient (Wildman–Crippen LogP) is 3.73. The fourth-order valence-corrected chi connectivity index (χ4v) is 5.38. The second kappa shape index (κ2) is 11.2. The first-order valence-corrected chi connectivity index (χ1v) is 13.3. The lowest BCUT2D eigenvalue weighted by molar-refractivity contribution is 0.385. The lowest BCUT2D eigenvalue weighted by atomic mass is 9.96. The molecule has 0 aliphatic carbocycles. The van der Waals surface area contributed by atoms with Gasteiger partial charge in [0.2, 0.25) is 10.0 Å². The van der Waals surface area contributed by atoms with Gasteiger partial charge in [-0.05, 0) is 62.1 Å². The van der Waals surface area contributed by atoms with Crippen LogP contribution in [0.15, 0.2) is 82.5 Å². The zero-order valence-electron chi connectivity index (χ0n) is 21.4. The number of methoxy groups -OCH3 is 2. The van der Waals surface area contributed by atoms with Crippen LogP contribution in [0.4, 0.5) is 0 Å². The number of hydrogen-bond acceptors (Lipinski definition) is 6. The van der Waals surface area contributed by atoms with Gasteiger partial charge >= 0.3 is 0 Å². The molecule has 3 aromatic carbocycles. The molecule has 0 radical (unpaired) electrons. The first-order chi connectivity index (χ1) is 17.7. The highest BCUT2D eigenvalue weighted by Gasteiger charge is 2.20. The largest absolute Gasteiger partial charge is 0.497 e. The van der Waals surface area contributed by atoms with Gasteiger partial charge in [-0.1, -0.05) is 30.3 Å². The maximum absolute atomic E-state index is 13.7. The summed E-state index contributed by atoms with van der Waals surface area (Å²) in [5, 5.41) is 1.34. The number of aromatic nitrogens is 1. The second-order valence-electron chi connectivity index (χ2n) is 8.87. The summed E-state index contributed by atoms with van der Waals surface area (Å²) in [5.74, 6) is 1.23. The van der Waals surface area contributed by atoms with Gasteiger partial charge in [0, 0.05) is 41.7 Å². The standard InChI is InChI=1S/C28H31N3O5S/c1-30(2)19-26-27(20-8-6-5-7-9-20)25-18-22(36-4)12-15-24(25)28(32)31(26)17-16-29-37(33,34)23-13-10-21(35-3)11-14-23/h5-15,18,29H,16-17,19H2,1-4H3. The fourth-order valence-electron chi connectivity index (χ4n) is 4.36. The highest BCUT2D eigenvalue weighted by atomic mass is 32.2. The average Bonchev–Trinajstić information content (AvgIpc) is 2.90. The van der Waals surface area contributed by atoms with Crippen molar-refractivity contribution in [2.45, 2.75) is 18.0 Å². The molecule has 1 N–H and O–H groups in total. The lowest BCUT2D eigenvalue weighted by Gasteiger charge is -2.23. The van der Waals surface area contributed by atoms with Crippen molar-refractivity contribution in [2.75, 3.05) is 34.9 Å². The molecule has 4 aromatic rings. The van der Waals surface area contributed by atoms with E-state index in [-0.39, 0.29) is 23.5 Å². The third-order valence-corrected chi connectivity index (χ3v) is 7.59. The van der Waals surface area contributed by atoms with Gasteiger partial charge < -0.3 is 18.9 Å². The minimum Gasteiger partial charge on any atom is -0.497 e. The zero-order chi connectivity index (χ0) is 26.6. The molecule has 0 unspecified atom stereocenters. The van der Waals surface area contributed by atoms with Gasteiger partial charge in [-0.15, -0.1) is 0 Å². The molecule has 0 bridgehead atoms. The number of nitrogens with zero attached hydrogens (tertiary/aromatic N) is 2. The molecule has 37 heavy (non-hydrogen) atoms. The van der Waals surface area contributed by atoms with Crippen molar-refractivity contribution in [2.24, 2.45) is 0 Å². The Balaban J connectivity index is 1.79. The Morgan fingerprint density at radius 1 is 0.865 bits per heavy atom. The number of hydrogen-bond donors (Lipinski definition) is 1. The van der Waals surface area contributed by atoms with Crippen molar-refractivity contribution in [1.82, 2.24) is 14.2 Å². The van der Waals surface area contributed by atoms with Gasteiger partial charge in [0.25, 0.3) is 5.56 Å². The van der Waals surface area contributed by atoms with E-state index in [0.29, 0.717) is 23.4 Å². The van der Waals surface area contributed by atoms with E-state index >= 15 is 0 Å². The second-order valence-corrected chi connectivity index (χ2v) is 10.6. The van der Waals surface area contributed by atoms with Gasteiger partial charge in [0.15, 0.2) is 0 Å². The van der Waals surface area contributed by atoms with Crippen molar-refractivity contribution in [1.29, 1.82) is 0 Å². The Kier molecular flexibility index (Phi) is 7.97. The van der Waals surface area contributed by atoms with Crippen molar-refractivity contribution >= 4 is 20.8 Å². The molecule has 0 fully saturated rings. The summed E-state index contributed by atoms with van der Waals surface area (Å²) in [6, 6.07) is 21.5. The molecule has 8 nitrogen and oxygen atoms in total. The molecule has 1 heterocycles. The molecule has 0 aliphatic rings. The molecule has 0 aliphatic heterocycles. The minimum absolute atomic E-state index is 0.0462. The summed E-state index contributed by atoms with van der Waals surface area (Å²) in [7, 11) is 3.23. The van der Waals surface area contributed by atoms with Crippen LogP contribution in [-0.2, 0) is 23.1 Å². The van der Waals surface area contributed by atoms with Crippen LogP contribution in [-0.4, -0.2) is 52.7 Å². The molecule has 0 spiro atoms. The third kappa shape index (κ3) is 5.69. The Labute approximate surface area is 217 Å². The summed E-state index contributed by atoms with van der Waals surface area (Å²) in [6.45, 7) is 0.696. The Morgan fingerprint density at radius 2 is 1.51 bits per heavy atom. The minimum atomic E-state index is -3.77. The Morgan fingerprint density at radius 3 is 2.14 bits per heavy atom. The van der Waals surface area contributed by atoms with E-state index in [1.807, 2.05) is 55.4 Å². The Hall–Kier alpha value is -3.66. The van der Waals surface area contributed by atoms with E-state index in [1.165, 1.54) is 19.2 Å². The summed E-state index contributed by atoms with van der Waals surface area (Å²) in [4.78, 5) is 15.8. The molecular formula is C28H31N3O5S. The number of ether oxygens (including phenoxy) is 2. The summed E-state index contributed by atoms with van der Waals surface area (Å²) >= 11 is 0. The molecule has 1 aromatic heterocycles. The molecule has 0 atom stereocenters. The zero-order valence-corrected chi connectivity index (χ0v) is 22.2. The van der Waals surface area contributed by atoms with Crippen LogP contribution in [0.25, 0.3) is 21.9 Å². The predicted molar refractivity (Wildman–Crippen MR) is 146 cm³/mol. The molecule has 0 saturated carbocycles. The molecule has 194 valence electrons. The van der Waals surface area contributed by atoms with Crippen LogP contribution < -0.4 is 19.8 Å². The van der Waals surface area contributed by atoms with E-state index in [2.05, 4.69) is 4.72 Å². The highest BCUT2D eigenvalue weighted by Crippen LogP contribution is 2.33. The molecule has 0 saturated heterocycles. The number of nitrogens with one attached hydrogen (secondary N) is 1. The third-order valence-electron chi connectivity index (χ3n) is 6.11. The molecule has 4 rings (SSSR count). The lowest BCUT2D eigenvalue weighted by Crippen LogP contribution is -2.34. The monoisotopic (exact) mass is 521 g/mol. The first kappa shape index (κ1) is 26.4. The normalized spacial score (nSPS) is 11.7. The van der Waals surface area contributed by atoms with E-state index in [4.69, 9.17) is 9.47 Å². The quantitative estimate of drug-likeness (QED) is 0.342. The first-order valence-electron chi connectivity index (χ1n) is 11.8. The van der Waals surface area contributed by atoms with Gasteiger partial charge in [0.05, 0.1) is 19.1 Å². The van der Waals surface area contributed by atoms with Crippen LogP contribution in [0.2, 0.25) is 0 Å². The number of rotatable bonds is 10. The van der Waals surface area contributed by atoms with Crippen molar-refractivity contribution < 1.29 is 17.9 Å². The van der Waals surface area contributed by atoms with Crippen molar-refractivity contribution in [3.63, 3.8) is 0 Å². The van der Waals surface area contributed by atoms with E-state index in [9.17, 15) is 13.2 Å². The van der Waals surface area contributed by atoms with E-state index in [0.717, 1.165) is 22.2 Å².